The van der Waals surface area contributed by atoms with E-state index in [-0.39, 0.29) is 6.61 Å². The number of aliphatic hydroxyl groups is 1. The number of hydrogen-bond acceptors (Lipinski definition) is 6. The van der Waals surface area contributed by atoms with Crippen LogP contribution in [-0.2, 0) is 6.54 Å². The number of anilines is 1. The molecule has 0 aliphatic carbocycles. The maximum atomic E-state index is 10.8. The second kappa shape index (κ2) is 12.4. The SMILES string of the molecule is CCCN(Cc1c(-c2ccccc2)noc1N(CC)CC)C[C@H](O)COc1ccccc1C. The number of benzene rings is 2. The summed E-state index contributed by atoms with van der Waals surface area (Å²) in [4.78, 5) is 4.45. The number of rotatable bonds is 13. The number of hydrogen-bond donors (Lipinski definition) is 1. The number of aromatic nitrogens is 1. The van der Waals surface area contributed by atoms with Crippen molar-refractivity contribution >= 4 is 5.88 Å². The third-order valence-electron chi connectivity index (χ3n) is 5.78. The molecule has 3 rings (SSSR count). The minimum Gasteiger partial charge on any atom is -0.491 e. The maximum Gasteiger partial charge on any atom is 0.232 e. The lowest BCUT2D eigenvalue weighted by atomic mass is 10.1. The van der Waals surface area contributed by atoms with Gasteiger partial charge in [0.2, 0.25) is 5.88 Å². The highest BCUT2D eigenvalue weighted by Gasteiger charge is 2.24. The fourth-order valence-corrected chi connectivity index (χ4v) is 4.06. The first-order valence-corrected chi connectivity index (χ1v) is 11.9. The molecule has 1 heterocycles. The van der Waals surface area contributed by atoms with Crippen molar-refractivity contribution < 1.29 is 14.4 Å². The molecule has 0 saturated heterocycles. The molecule has 0 aliphatic heterocycles. The van der Waals surface area contributed by atoms with Crippen molar-refractivity contribution in [1.82, 2.24) is 10.1 Å². The van der Waals surface area contributed by atoms with E-state index in [0.717, 1.165) is 60.1 Å². The molecular formula is C27H37N3O3. The highest BCUT2D eigenvalue weighted by molar-refractivity contribution is 5.68. The zero-order valence-corrected chi connectivity index (χ0v) is 20.3. The summed E-state index contributed by atoms with van der Waals surface area (Å²) in [6.45, 7) is 12.4. The van der Waals surface area contributed by atoms with Crippen LogP contribution in [0.25, 0.3) is 11.3 Å². The molecule has 178 valence electrons. The van der Waals surface area contributed by atoms with Crippen molar-refractivity contribution in [3.8, 4) is 17.0 Å². The normalized spacial score (nSPS) is 12.2. The van der Waals surface area contributed by atoms with Gasteiger partial charge in [0.15, 0.2) is 0 Å². The summed E-state index contributed by atoms with van der Waals surface area (Å²) >= 11 is 0. The van der Waals surface area contributed by atoms with Crippen LogP contribution in [0.5, 0.6) is 5.75 Å². The van der Waals surface area contributed by atoms with E-state index in [2.05, 4.69) is 47.9 Å². The topological polar surface area (TPSA) is 62.0 Å². The average Bonchev–Trinajstić information content (AvgIpc) is 3.23. The van der Waals surface area contributed by atoms with Crippen molar-refractivity contribution in [3.63, 3.8) is 0 Å². The first kappa shape index (κ1) is 24.8. The molecule has 0 aliphatic rings. The van der Waals surface area contributed by atoms with Gasteiger partial charge in [0.1, 0.15) is 24.2 Å². The van der Waals surface area contributed by atoms with Crippen LogP contribution in [0.1, 0.15) is 38.3 Å². The highest BCUT2D eigenvalue weighted by atomic mass is 16.5. The smallest absolute Gasteiger partial charge is 0.232 e. The third kappa shape index (κ3) is 6.59. The average molecular weight is 452 g/mol. The number of aryl methyl sites for hydroxylation is 1. The zero-order chi connectivity index (χ0) is 23.6. The Morgan fingerprint density at radius 2 is 1.70 bits per heavy atom. The van der Waals surface area contributed by atoms with Crippen molar-refractivity contribution in [2.75, 3.05) is 37.7 Å². The van der Waals surface area contributed by atoms with Gasteiger partial charge in [-0.05, 0) is 45.4 Å². The molecule has 0 amide bonds. The van der Waals surface area contributed by atoms with Gasteiger partial charge in [-0.1, -0.05) is 60.6 Å². The Bertz CT molecular complexity index is 970. The van der Waals surface area contributed by atoms with Crippen molar-refractivity contribution in [3.05, 3.63) is 65.7 Å². The monoisotopic (exact) mass is 451 g/mol. The van der Waals surface area contributed by atoms with E-state index in [1.54, 1.807) is 0 Å². The summed E-state index contributed by atoms with van der Waals surface area (Å²) in [7, 11) is 0. The van der Waals surface area contributed by atoms with Crippen LogP contribution < -0.4 is 9.64 Å². The van der Waals surface area contributed by atoms with Gasteiger partial charge >= 0.3 is 0 Å². The molecule has 1 atom stereocenters. The molecule has 6 nitrogen and oxygen atoms in total. The summed E-state index contributed by atoms with van der Waals surface area (Å²) in [5.41, 5.74) is 4.03. The lowest BCUT2D eigenvalue weighted by Gasteiger charge is -2.26. The molecule has 0 fully saturated rings. The van der Waals surface area contributed by atoms with E-state index in [9.17, 15) is 5.11 Å². The Morgan fingerprint density at radius 1 is 1.00 bits per heavy atom. The summed E-state index contributed by atoms with van der Waals surface area (Å²) in [5, 5.41) is 15.2. The molecule has 0 bridgehead atoms. The number of nitrogens with zero attached hydrogens (tertiary/aromatic N) is 3. The molecule has 0 saturated carbocycles. The summed E-state index contributed by atoms with van der Waals surface area (Å²) in [6, 6.07) is 18.0. The van der Waals surface area contributed by atoms with Gasteiger partial charge in [0, 0.05) is 31.7 Å². The second-order valence-corrected chi connectivity index (χ2v) is 8.32. The van der Waals surface area contributed by atoms with Gasteiger partial charge in [-0.25, -0.2) is 0 Å². The van der Waals surface area contributed by atoms with Crippen LogP contribution >= 0.6 is 0 Å². The lowest BCUT2D eigenvalue weighted by molar-refractivity contribution is 0.0654. The second-order valence-electron chi connectivity index (χ2n) is 8.32. The molecule has 0 radical (unpaired) electrons. The fraction of sp³-hybridized carbons (Fsp3) is 0.444. The Balaban J connectivity index is 1.78. The maximum absolute atomic E-state index is 10.8. The molecule has 0 unspecified atom stereocenters. The molecule has 2 aromatic carbocycles. The molecule has 3 aromatic rings. The van der Waals surface area contributed by atoms with E-state index in [4.69, 9.17) is 9.26 Å². The predicted molar refractivity (Wildman–Crippen MR) is 134 cm³/mol. The minimum absolute atomic E-state index is 0.253. The van der Waals surface area contributed by atoms with Crippen LogP contribution in [-0.4, -0.2) is 54.1 Å². The van der Waals surface area contributed by atoms with E-state index >= 15 is 0 Å². The predicted octanol–water partition coefficient (Wildman–Crippen LogP) is 5.15. The van der Waals surface area contributed by atoms with Gasteiger partial charge in [-0.15, -0.1) is 0 Å². The van der Waals surface area contributed by atoms with Gasteiger partial charge in [0.05, 0.1) is 5.56 Å². The van der Waals surface area contributed by atoms with Crippen molar-refractivity contribution in [2.45, 2.75) is 46.8 Å². The zero-order valence-electron chi connectivity index (χ0n) is 20.3. The standard InChI is InChI=1S/C27H37N3O3/c1-5-17-29(18-23(31)20-32-25-16-12-11-13-21(25)4)19-24-26(22-14-9-8-10-15-22)28-33-27(24)30(6-2)7-3/h8-16,23,31H,5-7,17-20H2,1-4H3/t23-/m0/s1. The van der Waals surface area contributed by atoms with Crippen LogP contribution in [0, 0.1) is 6.92 Å². The van der Waals surface area contributed by atoms with E-state index < -0.39 is 6.10 Å². The summed E-state index contributed by atoms with van der Waals surface area (Å²) in [6.07, 6.45) is 0.380. The van der Waals surface area contributed by atoms with Crippen molar-refractivity contribution in [1.29, 1.82) is 0 Å². The van der Waals surface area contributed by atoms with Crippen LogP contribution in [0.3, 0.4) is 0 Å². The first-order valence-electron chi connectivity index (χ1n) is 11.9. The number of ether oxygens (including phenoxy) is 1. The third-order valence-corrected chi connectivity index (χ3v) is 5.78. The van der Waals surface area contributed by atoms with Gasteiger partial charge < -0.3 is 19.3 Å². The fourth-order valence-electron chi connectivity index (χ4n) is 4.06. The Kier molecular flexibility index (Phi) is 9.34. The minimum atomic E-state index is -0.604. The van der Waals surface area contributed by atoms with Gasteiger partial charge in [-0.3, -0.25) is 4.90 Å². The highest BCUT2D eigenvalue weighted by Crippen LogP contribution is 2.32. The molecule has 33 heavy (non-hydrogen) atoms. The van der Waals surface area contributed by atoms with Crippen LogP contribution in [0.15, 0.2) is 59.1 Å². The number of para-hydroxylation sites is 1. The van der Waals surface area contributed by atoms with Crippen molar-refractivity contribution in [2.24, 2.45) is 0 Å². The Morgan fingerprint density at radius 3 is 2.36 bits per heavy atom. The van der Waals surface area contributed by atoms with Gasteiger partial charge in [0.25, 0.3) is 0 Å². The molecule has 1 N–H and O–H groups in total. The largest absolute Gasteiger partial charge is 0.491 e. The summed E-state index contributed by atoms with van der Waals surface area (Å²) < 4.78 is 11.7. The van der Waals surface area contributed by atoms with E-state index in [0.29, 0.717) is 13.1 Å². The molecule has 0 spiro atoms. The first-order chi connectivity index (χ1) is 16.1. The Labute approximate surface area is 197 Å². The van der Waals surface area contributed by atoms with Gasteiger partial charge in [-0.2, -0.15) is 0 Å². The van der Waals surface area contributed by atoms with E-state index in [1.807, 2.05) is 49.4 Å². The molecular weight excluding hydrogens is 414 g/mol. The quantitative estimate of drug-likeness (QED) is 0.388. The molecule has 6 heteroatoms. The van der Waals surface area contributed by atoms with Crippen LogP contribution in [0.2, 0.25) is 0 Å². The number of aliphatic hydroxyl groups excluding tert-OH is 1. The Hall–Kier alpha value is -2.83. The van der Waals surface area contributed by atoms with E-state index in [1.165, 1.54) is 0 Å². The van der Waals surface area contributed by atoms with Crippen LogP contribution in [0.4, 0.5) is 5.88 Å². The lowest BCUT2D eigenvalue weighted by Crippen LogP contribution is -2.36. The summed E-state index contributed by atoms with van der Waals surface area (Å²) in [5.74, 6) is 1.62. The molecule has 1 aromatic heterocycles.